The monoisotopic (exact) mass is 317 g/mol. The largest absolute Gasteiger partial charge is 0.510 e. The summed E-state index contributed by atoms with van der Waals surface area (Å²) in [5.74, 6) is -0.890. The maximum absolute atomic E-state index is 11.7. The van der Waals surface area contributed by atoms with Gasteiger partial charge in [-0.05, 0) is 13.8 Å². The van der Waals surface area contributed by atoms with Crippen molar-refractivity contribution in [3.05, 3.63) is 59.6 Å². The summed E-state index contributed by atoms with van der Waals surface area (Å²) in [6, 6.07) is 0. The highest BCUT2D eigenvalue weighted by Crippen LogP contribution is 2.18. The van der Waals surface area contributed by atoms with Crippen molar-refractivity contribution < 1.29 is 19.8 Å². The molecule has 0 unspecified atom stereocenters. The van der Waals surface area contributed by atoms with Gasteiger partial charge >= 0.3 is 0 Å². The molecule has 1 atom stereocenters. The van der Waals surface area contributed by atoms with Crippen molar-refractivity contribution in [2.45, 2.75) is 39.2 Å². The van der Waals surface area contributed by atoms with Gasteiger partial charge < -0.3 is 15.5 Å². The fourth-order valence-corrected chi connectivity index (χ4v) is 1.94. The lowest BCUT2D eigenvalue weighted by molar-refractivity contribution is -0.124. The minimum Gasteiger partial charge on any atom is -0.510 e. The highest BCUT2D eigenvalue weighted by molar-refractivity contribution is 6.01. The van der Waals surface area contributed by atoms with Crippen LogP contribution >= 0.6 is 0 Å². The van der Waals surface area contributed by atoms with Crippen molar-refractivity contribution >= 4 is 11.7 Å². The normalized spacial score (nSPS) is 17.9. The Hall–Kier alpha value is -2.40. The average Bonchev–Trinajstić information content (AvgIpc) is 2.81. The van der Waals surface area contributed by atoms with Crippen LogP contribution in [0, 0.1) is 0 Å². The molecule has 1 rings (SSSR count). The molecule has 0 aromatic carbocycles. The van der Waals surface area contributed by atoms with E-state index in [1.165, 1.54) is 6.08 Å². The predicted molar refractivity (Wildman–Crippen MR) is 89.5 cm³/mol. The van der Waals surface area contributed by atoms with Crippen LogP contribution in [-0.2, 0) is 9.59 Å². The van der Waals surface area contributed by atoms with Gasteiger partial charge in [0, 0.05) is 12.8 Å². The third kappa shape index (κ3) is 6.93. The molecule has 0 saturated heterocycles. The molecule has 5 heteroatoms. The summed E-state index contributed by atoms with van der Waals surface area (Å²) in [6.07, 6.45) is 11.9. The second-order valence-electron chi connectivity index (χ2n) is 5.25. The fourth-order valence-electron chi connectivity index (χ4n) is 1.94. The number of allylic oxidation sites excluding steroid dienone is 9. The molecule has 0 radical (unpaired) electrons. The van der Waals surface area contributed by atoms with E-state index >= 15 is 0 Å². The Balaban J connectivity index is 2.44. The number of amides is 1. The number of carbonyl (C=O) groups excluding carboxylic acids is 2. The summed E-state index contributed by atoms with van der Waals surface area (Å²) < 4.78 is 0. The van der Waals surface area contributed by atoms with Crippen molar-refractivity contribution in [1.82, 2.24) is 5.32 Å². The summed E-state index contributed by atoms with van der Waals surface area (Å²) in [5, 5.41) is 21.6. The Morgan fingerprint density at radius 1 is 1.30 bits per heavy atom. The molecule has 0 heterocycles. The van der Waals surface area contributed by atoms with E-state index in [0.717, 1.165) is 5.57 Å². The molecule has 0 fully saturated rings. The second-order valence-corrected chi connectivity index (χ2v) is 5.25. The number of aliphatic hydroxyl groups excluding tert-OH is 2. The third-order valence-electron chi connectivity index (χ3n) is 3.17. The Morgan fingerprint density at radius 3 is 2.65 bits per heavy atom. The number of ketones is 1. The summed E-state index contributed by atoms with van der Waals surface area (Å²) in [4.78, 5) is 23.1. The first kappa shape index (κ1) is 18.6. The number of aliphatic hydroxyl groups is 2. The molecule has 5 nitrogen and oxygen atoms in total. The maximum Gasteiger partial charge on any atom is 0.227 e. The van der Waals surface area contributed by atoms with Crippen LogP contribution in [0.2, 0.25) is 0 Å². The Morgan fingerprint density at radius 2 is 2.04 bits per heavy atom. The molecule has 0 bridgehead atoms. The number of nitrogens with one attached hydrogen (secondary N) is 1. The van der Waals surface area contributed by atoms with Gasteiger partial charge in [-0.3, -0.25) is 9.59 Å². The Kier molecular flexibility index (Phi) is 7.77. The molecule has 0 saturated carbocycles. The predicted octanol–water partition coefficient (Wildman–Crippen LogP) is 2.62. The minimum absolute atomic E-state index is 0.0455. The molecule has 1 aliphatic carbocycles. The van der Waals surface area contributed by atoms with Crippen LogP contribution in [0.5, 0.6) is 0 Å². The summed E-state index contributed by atoms with van der Waals surface area (Å²) in [7, 11) is 0. The van der Waals surface area contributed by atoms with E-state index in [9.17, 15) is 19.8 Å². The van der Waals surface area contributed by atoms with Gasteiger partial charge in [0.25, 0.3) is 0 Å². The molecular formula is C18H23NO4. The molecule has 3 N–H and O–H groups in total. The van der Waals surface area contributed by atoms with E-state index in [4.69, 9.17) is 0 Å². The highest BCUT2D eigenvalue weighted by atomic mass is 16.3. The molecular weight excluding hydrogens is 294 g/mol. The standard InChI is InChI=1S/C18H23NO4/c1-3-4-7-13(2)8-5-6-9-14(20)12-17(23)19-18-15(21)10-11-16(18)22/h3-9,14,20-21H,10-12H2,1-2H3,(H,19,23)/b4-3+,8-5+,9-6+,13-7+/t14-/m1/s1. The molecule has 0 aliphatic heterocycles. The van der Waals surface area contributed by atoms with Crippen LogP contribution in [0.15, 0.2) is 59.6 Å². The molecule has 0 aromatic heterocycles. The number of Topliss-reactive ketones (excluding diaryl/α,β-unsaturated/α-hetero) is 1. The van der Waals surface area contributed by atoms with Gasteiger partial charge in [0.1, 0.15) is 11.5 Å². The molecule has 1 aliphatic rings. The lowest BCUT2D eigenvalue weighted by Gasteiger charge is -2.07. The van der Waals surface area contributed by atoms with Crippen LogP contribution in [0.25, 0.3) is 0 Å². The zero-order chi connectivity index (χ0) is 17.2. The van der Waals surface area contributed by atoms with Crippen LogP contribution < -0.4 is 5.32 Å². The van der Waals surface area contributed by atoms with Crippen LogP contribution in [0.4, 0.5) is 0 Å². The van der Waals surface area contributed by atoms with Gasteiger partial charge in [-0.1, -0.05) is 48.1 Å². The first-order valence-corrected chi connectivity index (χ1v) is 7.51. The molecule has 1 amide bonds. The van der Waals surface area contributed by atoms with E-state index in [1.54, 1.807) is 12.2 Å². The topological polar surface area (TPSA) is 86.6 Å². The van der Waals surface area contributed by atoms with Crippen molar-refractivity contribution in [3.63, 3.8) is 0 Å². The number of rotatable bonds is 7. The van der Waals surface area contributed by atoms with Crippen molar-refractivity contribution in [3.8, 4) is 0 Å². The molecule has 23 heavy (non-hydrogen) atoms. The van der Waals surface area contributed by atoms with Crippen LogP contribution in [-0.4, -0.2) is 28.0 Å². The van der Waals surface area contributed by atoms with Crippen molar-refractivity contribution in [1.29, 1.82) is 0 Å². The zero-order valence-corrected chi connectivity index (χ0v) is 13.5. The van der Waals surface area contributed by atoms with E-state index < -0.39 is 12.0 Å². The maximum atomic E-state index is 11.7. The lowest BCUT2D eigenvalue weighted by atomic mass is 10.2. The van der Waals surface area contributed by atoms with Gasteiger partial charge in [-0.15, -0.1) is 0 Å². The SMILES string of the molecule is C/C=C/C=C(C)/C=C/C=C/[C@@H](O)CC(=O)NC1=C(O)CCC1=O. The Labute approximate surface area is 136 Å². The first-order valence-electron chi connectivity index (χ1n) is 7.51. The molecule has 0 spiro atoms. The molecule has 124 valence electrons. The number of hydrogen-bond donors (Lipinski definition) is 3. The van der Waals surface area contributed by atoms with Crippen molar-refractivity contribution in [2.75, 3.05) is 0 Å². The summed E-state index contributed by atoms with van der Waals surface area (Å²) >= 11 is 0. The summed E-state index contributed by atoms with van der Waals surface area (Å²) in [5.41, 5.74) is 1.01. The van der Waals surface area contributed by atoms with Crippen LogP contribution in [0.1, 0.15) is 33.1 Å². The van der Waals surface area contributed by atoms with Crippen molar-refractivity contribution in [2.24, 2.45) is 0 Å². The Bertz CT molecular complexity index is 594. The van der Waals surface area contributed by atoms with E-state index in [1.807, 2.05) is 38.2 Å². The quantitative estimate of drug-likeness (QED) is 0.630. The smallest absolute Gasteiger partial charge is 0.227 e. The average molecular weight is 317 g/mol. The highest BCUT2D eigenvalue weighted by Gasteiger charge is 2.24. The lowest BCUT2D eigenvalue weighted by Crippen LogP contribution is -2.29. The first-order chi connectivity index (χ1) is 10.9. The second kappa shape index (κ2) is 9.58. The minimum atomic E-state index is -0.960. The third-order valence-corrected chi connectivity index (χ3v) is 3.17. The van der Waals surface area contributed by atoms with Gasteiger partial charge in [-0.2, -0.15) is 0 Å². The van der Waals surface area contributed by atoms with Gasteiger partial charge in [0.05, 0.1) is 12.5 Å². The molecule has 0 aromatic rings. The van der Waals surface area contributed by atoms with Gasteiger partial charge in [0.2, 0.25) is 5.91 Å². The summed E-state index contributed by atoms with van der Waals surface area (Å²) in [6.45, 7) is 3.89. The van der Waals surface area contributed by atoms with Gasteiger partial charge in [0.15, 0.2) is 5.78 Å². The number of carbonyl (C=O) groups is 2. The van der Waals surface area contributed by atoms with Gasteiger partial charge in [-0.25, -0.2) is 0 Å². The zero-order valence-electron chi connectivity index (χ0n) is 13.5. The van der Waals surface area contributed by atoms with E-state index in [-0.39, 0.29) is 36.5 Å². The fraction of sp³-hybridized carbons (Fsp3) is 0.333. The number of hydrogen-bond acceptors (Lipinski definition) is 4. The van der Waals surface area contributed by atoms with Crippen LogP contribution in [0.3, 0.4) is 0 Å². The van der Waals surface area contributed by atoms with E-state index in [0.29, 0.717) is 0 Å². The van der Waals surface area contributed by atoms with E-state index in [2.05, 4.69) is 5.32 Å².